The fourth-order valence-electron chi connectivity index (χ4n) is 1.19. The van der Waals surface area contributed by atoms with E-state index in [1.807, 2.05) is 0 Å². The van der Waals surface area contributed by atoms with Gasteiger partial charge in [0.25, 0.3) is 11.6 Å². The maximum absolute atomic E-state index is 11.7. The van der Waals surface area contributed by atoms with Crippen LogP contribution < -0.4 is 5.32 Å². The molecular formula is C10H12ClN3O5. The molecule has 1 heterocycles. The SMILES string of the molecule is O=C(NCCOCCO)c1cc([N+](=O)[O-])cnc1Cl. The van der Waals surface area contributed by atoms with E-state index in [2.05, 4.69) is 10.3 Å². The van der Waals surface area contributed by atoms with Crippen LogP contribution in [0.5, 0.6) is 0 Å². The lowest BCUT2D eigenvalue weighted by Gasteiger charge is -2.06. The van der Waals surface area contributed by atoms with E-state index in [9.17, 15) is 14.9 Å². The molecule has 9 heteroatoms. The number of nitro groups is 1. The third kappa shape index (κ3) is 4.78. The summed E-state index contributed by atoms with van der Waals surface area (Å²) < 4.78 is 4.94. The zero-order chi connectivity index (χ0) is 14.3. The van der Waals surface area contributed by atoms with E-state index in [4.69, 9.17) is 21.4 Å². The summed E-state index contributed by atoms with van der Waals surface area (Å²) in [6, 6.07) is 1.05. The lowest BCUT2D eigenvalue weighted by molar-refractivity contribution is -0.385. The highest BCUT2D eigenvalue weighted by molar-refractivity contribution is 6.32. The van der Waals surface area contributed by atoms with E-state index in [1.165, 1.54) is 0 Å². The molecule has 0 aliphatic heterocycles. The van der Waals surface area contributed by atoms with Crippen molar-refractivity contribution in [3.63, 3.8) is 0 Å². The van der Waals surface area contributed by atoms with Crippen molar-refractivity contribution in [2.75, 3.05) is 26.4 Å². The minimum Gasteiger partial charge on any atom is -0.394 e. The standard InChI is InChI=1S/C10H12ClN3O5/c11-9-8(5-7(6-13-9)14(17)18)10(16)12-1-3-19-4-2-15/h5-6,15H,1-4H2,(H,12,16). The first kappa shape index (κ1) is 15.3. The van der Waals surface area contributed by atoms with Gasteiger partial charge in [-0.2, -0.15) is 0 Å². The Hall–Kier alpha value is -1.77. The van der Waals surface area contributed by atoms with E-state index < -0.39 is 10.8 Å². The van der Waals surface area contributed by atoms with Gasteiger partial charge in [0.15, 0.2) is 0 Å². The lowest BCUT2D eigenvalue weighted by Crippen LogP contribution is -2.28. The second kappa shape index (κ2) is 7.62. The quantitative estimate of drug-likeness (QED) is 0.325. The number of nitrogens with zero attached hydrogens (tertiary/aromatic N) is 2. The molecule has 8 nitrogen and oxygen atoms in total. The van der Waals surface area contributed by atoms with Gasteiger partial charge in [-0.25, -0.2) is 4.98 Å². The molecule has 1 aromatic heterocycles. The molecule has 0 fully saturated rings. The average Bonchev–Trinajstić information content (AvgIpc) is 2.38. The van der Waals surface area contributed by atoms with Crippen molar-refractivity contribution in [2.24, 2.45) is 0 Å². The number of rotatable bonds is 7. The van der Waals surface area contributed by atoms with Crippen LogP contribution in [0.25, 0.3) is 0 Å². The molecule has 104 valence electrons. The van der Waals surface area contributed by atoms with Crippen molar-refractivity contribution in [1.82, 2.24) is 10.3 Å². The molecular weight excluding hydrogens is 278 g/mol. The molecule has 2 N–H and O–H groups in total. The predicted octanol–water partition coefficient (Wildman–Crippen LogP) is 0.382. The number of aromatic nitrogens is 1. The van der Waals surface area contributed by atoms with E-state index >= 15 is 0 Å². The molecule has 0 aromatic carbocycles. The van der Waals surface area contributed by atoms with E-state index in [0.29, 0.717) is 0 Å². The fraction of sp³-hybridized carbons (Fsp3) is 0.400. The Kier molecular flexibility index (Phi) is 6.13. The molecule has 0 aliphatic carbocycles. The molecule has 1 amide bonds. The zero-order valence-electron chi connectivity index (χ0n) is 9.84. The number of hydrogen-bond acceptors (Lipinski definition) is 6. The molecule has 19 heavy (non-hydrogen) atoms. The van der Waals surface area contributed by atoms with E-state index in [1.54, 1.807) is 0 Å². The minimum atomic E-state index is -0.662. The molecule has 0 aliphatic rings. The minimum absolute atomic E-state index is 0.0713. The molecule has 0 atom stereocenters. The van der Waals surface area contributed by atoms with Crippen molar-refractivity contribution < 1.29 is 19.6 Å². The Morgan fingerprint density at radius 1 is 1.58 bits per heavy atom. The molecule has 0 saturated heterocycles. The third-order valence-corrected chi connectivity index (χ3v) is 2.35. The Morgan fingerprint density at radius 3 is 2.95 bits per heavy atom. The number of ether oxygens (including phenoxy) is 1. The highest BCUT2D eigenvalue weighted by atomic mass is 35.5. The lowest BCUT2D eigenvalue weighted by atomic mass is 10.2. The molecule has 0 radical (unpaired) electrons. The molecule has 0 spiro atoms. The number of amides is 1. The van der Waals surface area contributed by atoms with Crippen LogP contribution in [0.1, 0.15) is 10.4 Å². The second-order valence-corrected chi connectivity index (χ2v) is 3.74. The van der Waals surface area contributed by atoms with Gasteiger partial charge in [0.1, 0.15) is 11.3 Å². The summed E-state index contributed by atoms with van der Waals surface area (Å²) in [7, 11) is 0. The highest BCUT2D eigenvalue weighted by Crippen LogP contribution is 2.18. The number of aliphatic hydroxyl groups excluding tert-OH is 1. The number of nitrogens with one attached hydrogen (secondary N) is 1. The number of halogens is 1. The fourth-order valence-corrected chi connectivity index (χ4v) is 1.38. The van der Waals surface area contributed by atoms with Crippen LogP contribution in [0, 0.1) is 10.1 Å². The van der Waals surface area contributed by atoms with E-state index in [0.717, 1.165) is 12.3 Å². The van der Waals surface area contributed by atoms with Gasteiger partial charge < -0.3 is 15.2 Å². The Bertz CT molecular complexity index is 468. The normalized spacial score (nSPS) is 10.2. The van der Waals surface area contributed by atoms with Gasteiger partial charge in [0.2, 0.25) is 0 Å². The number of carbonyl (C=O) groups is 1. The van der Waals surface area contributed by atoms with Crippen LogP contribution in [0.2, 0.25) is 5.15 Å². The third-order valence-electron chi connectivity index (χ3n) is 2.05. The topological polar surface area (TPSA) is 115 Å². The Balaban J connectivity index is 2.61. The average molecular weight is 290 g/mol. The zero-order valence-corrected chi connectivity index (χ0v) is 10.6. The summed E-state index contributed by atoms with van der Waals surface area (Å²) >= 11 is 5.70. The van der Waals surface area contributed by atoms with Gasteiger partial charge in [0, 0.05) is 12.6 Å². The van der Waals surface area contributed by atoms with Crippen LogP contribution in [-0.2, 0) is 4.74 Å². The summed E-state index contributed by atoms with van der Waals surface area (Å²) in [4.78, 5) is 25.2. The smallest absolute Gasteiger partial charge is 0.288 e. The monoisotopic (exact) mass is 289 g/mol. The van der Waals surface area contributed by atoms with Crippen LogP contribution in [0.15, 0.2) is 12.3 Å². The van der Waals surface area contributed by atoms with Crippen LogP contribution in [0.4, 0.5) is 5.69 Å². The number of pyridine rings is 1. The van der Waals surface area contributed by atoms with Crippen molar-refractivity contribution in [2.45, 2.75) is 0 Å². The first-order chi connectivity index (χ1) is 9.06. The summed E-state index contributed by atoms with van der Waals surface area (Å²) in [5.41, 5.74) is -0.385. The van der Waals surface area contributed by atoms with Gasteiger partial charge in [-0.3, -0.25) is 14.9 Å². The van der Waals surface area contributed by atoms with Gasteiger partial charge >= 0.3 is 0 Å². The summed E-state index contributed by atoms with van der Waals surface area (Å²) in [6.07, 6.45) is 0.976. The predicted molar refractivity (Wildman–Crippen MR) is 66.1 cm³/mol. The summed E-state index contributed by atoms with van der Waals surface area (Å²) in [5.74, 6) is -0.575. The van der Waals surface area contributed by atoms with Gasteiger partial charge in [-0.05, 0) is 0 Å². The second-order valence-electron chi connectivity index (χ2n) is 3.38. The Morgan fingerprint density at radius 2 is 2.32 bits per heavy atom. The van der Waals surface area contributed by atoms with Crippen molar-refractivity contribution in [1.29, 1.82) is 0 Å². The van der Waals surface area contributed by atoms with Gasteiger partial charge in [0.05, 0.1) is 30.3 Å². The van der Waals surface area contributed by atoms with Gasteiger partial charge in [-0.1, -0.05) is 11.6 Å². The first-order valence-electron chi connectivity index (χ1n) is 5.33. The largest absolute Gasteiger partial charge is 0.394 e. The maximum atomic E-state index is 11.7. The van der Waals surface area contributed by atoms with Crippen molar-refractivity contribution in [3.05, 3.63) is 33.1 Å². The van der Waals surface area contributed by atoms with Gasteiger partial charge in [-0.15, -0.1) is 0 Å². The highest BCUT2D eigenvalue weighted by Gasteiger charge is 2.16. The van der Waals surface area contributed by atoms with Crippen molar-refractivity contribution >= 4 is 23.2 Å². The van der Waals surface area contributed by atoms with Crippen LogP contribution >= 0.6 is 11.6 Å². The summed E-state index contributed by atoms with van der Waals surface area (Å²) in [6.45, 7) is 0.480. The maximum Gasteiger partial charge on any atom is 0.288 e. The number of carbonyl (C=O) groups excluding carboxylic acids is 1. The molecule has 0 saturated carbocycles. The van der Waals surface area contributed by atoms with Crippen LogP contribution in [-0.4, -0.2) is 47.3 Å². The number of aliphatic hydroxyl groups is 1. The number of hydrogen-bond donors (Lipinski definition) is 2. The molecule has 0 unspecified atom stereocenters. The molecule has 1 aromatic rings. The van der Waals surface area contributed by atoms with E-state index in [-0.39, 0.29) is 42.8 Å². The molecule has 1 rings (SSSR count). The Labute approximate surface area is 113 Å². The molecule has 0 bridgehead atoms. The summed E-state index contributed by atoms with van der Waals surface area (Å²) in [5, 5.41) is 21.4. The first-order valence-corrected chi connectivity index (χ1v) is 5.70. The van der Waals surface area contributed by atoms with Crippen molar-refractivity contribution in [3.8, 4) is 0 Å². The van der Waals surface area contributed by atoms with Crippen LogP contribution in [0.3, 0.4) is 0 Å².